The van der Waals surface area contributed by atoms with Gasteiger partial charge in [-0.15, -0.1) is 0 Å². The molecule has 0 saturated carbocycles. The molecule has 0 radical (unpaired) electrons. The van der Waals surface area contributed by atoms with Gasteiger partial charge < -0.3 is 10.2 Å². The highest BCUT2D eigenvalue weighted by atomic mass is 127. The van der Waals surface area contributed by atoms with Crippen LogP contribution in [0.2, 0.25) is 0 Å². The Kier molecular flexibility index (Phi) is 3.05. The normalized spacial score (nSPS) is 12.5. The first kappa shape index (κ1) is 9.47. The van der Waals surface area contributed by atoms with Gasteiger partial charge in [0.1, 0.15) is 0 Å². The third-order valence-corrected chi connectivity index (χ3v) is 2.14. The van der Waals surface area contributed by atoms with E-state index < -0.39 is 12.1 Å². The van der Waals surface area contributed by atoms with Crippen molar-refractivity contribution in [3.63, 3.8) is 0 Å². The maximum atomic E-state index is 10.3. The summed E-state index contributed by atoms with van der Waals surface area (Å²) in [6.45, 7) is 0. The molecule has 0 bridgehead atoms. The van der Waals surface area contributed by atoms with Gasteiger partial charge in [0.15, 0.2) is 6.10 Å². The van der Waals surface area contributed by atoms with Crippen LogP contribution in [-0.4, -0.2) is 16.2 Å². The number of carboxylic acids is 1. The van der Waals surface area contributed by atoms with Crippen molar-refractivity contribution in [3.8, 4) is 0 Å². The number of carboxylic acid groups (broad SMARTS) is 1. The Labute approximate surface area is 83.2 Å². The van der Waals surface area contributed by atoms with E-state index in [1.54, 1.807) is 24.3 Å². The van der Waals surface area contributed by atoms with Gasteiger partial charge in [-0.2, -0.15) is 0 Å². The highest BCUT2D eigenvalue weighted by Crippen LogP contribution is 2.14. The second-order valence-electron chi connectivity index (χ2n) is 2.29. The molecule has 2 N–H and O–H groups in total. The summed E-state index contributed by atoms with van der Waals surface area (Å²) in [7, 11) is 0. The van der Waals surface area contributed by atoms with E-state index in [1.165, 1.54) is 0 Å². The zero-order chi connectivity index (χ0) is 9.14. The van der Waals surface area contributed by atoms with Crippen LogP contribution in [0.1, 0.15) is 11.7 Å². The van der Waals surface area contributed by atoms with Crippen LogP contribution in [0.5, 0.6) is 0 Å². The van der Waals surface area contributed by atoms with Gasteiger partial charge >= 0.3 is 5.97 Å². The molecule has 1 aromatic rings. The van der Waals surface area contributed by atoms with Crippen LogP contribution in [-0.2, 0) is 4.79 Å². The largest absolute Gasteiger partial charge is 0.479 e. The highest BCUT2D eigenvalue weighted by Gasteiger charge is 2.14. The number of benzene rings is 1. The third kappa shape index (κ3) is 2.18. The molecule has 1 unspecified atom stereocenters. The molecule has 0 aliphatic rings. The van der Waals surface area contributed by atoms with Crippen molar-refractivity contribution in [1.82, 2.24) is 0 Å². The van der Waals surface area contributed by atoms with Gasteiger partial charge in [0.2, 0.25) is 0 Å². The average molecular weight is 278 g/mol. The van der Waals surface area contributed by atoms with E-state index in [1.807, 2.05) is 0 Å². The fourth-order valence-corrected chi connectivity index (χ4v) is 1.15. The van der Waals surface area contributed by atoms with Crippen molar-refractivity contribution in [1.29, 1.82) is 0 Å². The molecule has 0 fully saturated rings. The van der Waals surface area contributed by atoms with E-state index in [9.17, 15) is 4.79 Å². The molecule has 12 heavy (non-hydrogen) atoms. The lowest BCUT2D eigenvalue weighted by Crippen LogP contribution is -2.09. The first-order valence-corrected chi connectivity index (χ1v) is 4.35. The molecule has 0 spiro atoms. The number of hydrogen-bond acceptors (Lipinski definition) is 2. The second kappa shape index (κ2) is 3.86. The number of carbonyl (C=O) groups is 1. The number of aliphatic hydroxyl groups excluding tert-OH is 1. The highest BCUT2D eigenvalue weighted by molar-refractivity contribution is 14.1. The summed E-state index contributed by atoms with van der Waals surface area (Å²) in [5, 5.41) is 17.5. The number of aliphatic carboxylic acids is 1. The van der Waals surface area contributed by atoms with E-state index in [2.05, 4.69) is 22.6 Å². The lowest BCUT2D eigenvalue weighted by atomic mass is 10.1. The van der Waals surface area contributed by atoms with Crippen molar-refractivity contribution in [3.05, 3.63) is 33.4 Å². The number of halogens is 1. The zero-order valence-electron chi connectivity index (χ0n) is 6.07. The Morgan fingerprint density at radius 2 is 1.83 bits per heavy atom. The first-order valence-electron chi connectivity index (χ1n) is 3.27. The molecule has 0 heterocycles. The van der Waals surface area contributed by atoms with E-state index in [4.69, 9.17) is 10.2 Å². The number of aliphatic hydroxyl groups is 1. The molecule has 1 aromatic carbocycles. The van der Waals surface area contributed by atoms with Gasteiger partial charge in [-0.05, 0) is 40.3 Å². The van der Waals surface area contributed by atoms with E-state index in [0.717, 1.165) is 3.57 Å². The minimum absolute atomic E-state index is 0.405. The fourth-order valence-electron chi connectivity index (χ4n) is 0.788. The Hall–Kier alpha value is -0.620. The van der Waals surface area contributed by atoms with Gasteiger partial charge in [0.25, 0.3) is 0 Å². The number of hydrogen-bond donors (Lipinski definition) is 2. The summed E-state index contributed by atoms with van der Waals surface area (Å²) in [5.41, 5.74) is 0.405. The lowest BCUT2D eigenvalue weighted by Gasteiger charge is -2.04. The predicted octanol–water partition coefficient (Wildman–Crippen LogP) is 1.41. The summed E-state index contributed by atoms with van der Waals surface area (Å²) < 4.78 is 1.01. The third-order valence-electron chi connectivity index (χ3n) is 1.42. The van der Waals surface area contributed by atoms with Crippen molar-refractivity contribution in [2.45, 2.75) is 6.10 Å². The van der Waals surface area contributed by atoms with Crippen LogP contribution < -0.4 is 0 Å². The molecule has 1 rings (SSSR count). The second-order valence-corrected chi connectivity index (χ2v) is 3.54. The molecule has 3 nitrogen and oxygen atoms in total. The molecule has 0 aliphatic heterocycles. The van der Waals surface area contributed by atoms with E-state index in [-0.39, 0.29) is 0 Å². The molecule has 0 aromatic heterocycles. The Bertz CT molecular complexity index is 281. The zero-order valence-corrected chi connectivity index (χ0v) is 8.22. The van der Waals surface area contributed by atoms with Gasteiger partial charge in [-0.1, -0.05) is 12.1 Å². The standard InChI is InChI=1S/C8H7IO3/c9-6-3-1-5(2-4-6)7(10)8(11)12/h1-4,7,10H,(H,11,12). The van der Waals surface area contributed by atoms with Crippen molar-refractivity contribution < 1.29 is 15.0 Å². The molecule has 0 amide bonds. The maximum Gasteiger partial charge on any atom is 0.337 e. The molecular weight excluding hydrogens is 271 g/mol. The number of rotatable bonds is 2. The minimum Gasteiger partial charge on any atom is -0.479 e. The lowest BCUT2D eigenvalue weighted by molar-refractivity contribution is -0.146. The smallest absolute Gasteiger partial charge is 0.337 e. The van der Waals surface area contributed by atoms with Crippen LogP contribution in [0.3, 0.4) is 0 Å². The Morgan fingerprint density at radius 3 is 2.25 bits per heavy atom. The summed E-state index contributed by atoms with van der Waals surface area (Å²) in [6.07, 6.45) is -1.41. The summed E-state index contributed by atoms with van der Waals surface area (Å²) >= 11 is 2.11. The maximum absolute atomic E-state index is 10.3. The summed E-state index contributed by atoms with van der Waals surface area (Å²) in [6, 6.07) is 6.70. The van der Waals surface area contributed by atoms with Crippen molar-refractivity contribution in [2.24, 2.45) is 0 Å². The van der Waals surface area contributed by atoms with Crippen LogP contribution in [0.4, 0.5) is 0 Å². The molecular formula is C8H7IO3. The van der Waals surface area contributed by atoms with Crippen molar-refractivity contribution in [2.75, 3.05) is 0 Å². The fraction of sp³-hybridized carbons (Fsp3) is 0.125. The van der Waals surface area contributed by atoms with Gasteiger partial charge in [-0.3, -0.25) is 0 Å². The first-order chi connectivity index (χ1) is 5.61. The topological polar surface area (TPSA) is 57.5 Å². The monoisotopic (exact) mass is 278 g/mol. The molecule has 64 valence electrons. The minimum atomic E-state index is -1.41. The van der Waals surface area contributed by atoms with E-state index >= 15 is 0 Å². The predicted molar refractivity (Wildman–Crippen MR) is 51.8 cm³/mol. The summed E-state index contributed by atoms with van der Waals surface area (Å²) in [4.78, 5) is 10.3. The summed E-state index contributed by atoms with van der Waals surface area (Å²) in [5.74, 6) is -1.23. The molecule has 0 aliphatic carbocycles. The van der Waals surface area contributed by atoms with Crippen LogP contribution >= 0.6 is 22.6 Å². The Morgan fingerprint density at radius 1 is 1.33 bits per heavy atom. The molecule has 0 saturated heterocycles. The van der Waals surface area contributed by atoms with Gasteiger partial charge in [0.05, 0.1) is 0 Å². The van der Waals surface area contributed by atoms with E-state index in [0.29, 0.717) is 5.56 Å². The molecule has 4 heteroatoms. The van der Waals surface area contributed by atoms with Gasteiger partial charge in [0, 0.05) is 3.57 Å². The molecule has 1 atom stereocenters. The van der Waals surface area contributed by atoms with Crippen LogP contribution in [0.15, 0.2) is 24.3 Å². The van der Waals surface area contributed by atoms with Crippen molar-refractivity contribution >= 4 is 28.6 Å². The quantitative estimate of drug-likeness (QED) is 0.804. The Balaban J connectivity index is 2.89. The van der Waals surface area contributed by atoms with Gasteiger partial charge in [-0.25, -0.2) is 4.79 Å². The average Bonchev–Trinajstić information content (AvgIpc) is 2.04. The SMILES string of the molecule is O=C(O)C(O)c1ccc(I)cc1. The van der Waals surface area contributed by atoms with Crippen LogP contribution in [0.25, 0.3) is 0 Å². The van der Waals surface area contributed by atoms with Crippen LogP contribution in [0, 0.1) is 3.57 Å².